The zero-order valence-corrected chi connectivity index (χ0v) is 22.8. The van der Waals surface area contributed by atoms with E-state index < -0.39 is 11.7 Å². The normalized spacial score (nSPS) is 14.3. The molecule has 4 aromatic carbocycles. The Morgan fingerprint density at radius 3 is 2.00 bits per heavy atom. The van der Waals surface area contributed by atoms with E-state index in [1.165, 1.54) is 23.4 Å². The van der Waals surface area contributed by atoms with E-state index in [0.717, 1.165) is 12.1 Å². The van der Waals surface area contributed by atoms with Crippen molar-refractivity contribution in [1.29, 1.82) is 0 Å². The van der Waals surface area contributed by atoms with Gasteiger partial charge in [0.25, 0.3) is 5.91 Å². The second-order valence-corrected chi connectivity index (χ2v) is 10.3. The summed E-state index contributed by atoms with van der Waals surface area (Å²) in [6.45, 7) is 2.57. The Kier molecular flexibility index (Phi) is 7.63. The van der Waals surface area contributed by atoms with Crippen molar-refractivity contribution in [3.05, 3.63) is 138 Å². The van der Waals surface area contributed by atoms with Crippen LogP contribution in [0.1, 0.15) is 33.1 Å². The lowest BCUT2D eigenvalue weighted by atomic mass is 9.96. The minimum Gasteiger partial charge on any atom is -0.354 e. The summed E-state index contributed by atoms with van der Waals surface area (Å²) in [6, 6.07) is 33.3. The molecule has 1 aliphatic rings. The number of carbonyl (C=O) groups excluding carboxylic acids is 1. The first-order valence-electron chi connectivity index (χ1n) is 13.8. The van der Waals surface area contributed by atoms with E-state index in [0.29, 0.717) is 48.5 Å². The molecule has 6 rings (SSSR count). The Bertz CT molecular complexity index is 1640. The Balaban J connectivity index is 1.21. The number of nitrogens with zero attached hydrogens (tertiary/aromatic N) is 3. The Morgan fingerprint density at radius 2 is 1.36 bits per heavy atom. The van der Waals surface area contributed by atoms with Gasteiger partial charge in [0.15, 0.2) is 0 Å². The number of halogens is 3. The maximum absolute atomic E-state index is 13.8. The average molecular weight is 567 g/mol. The van der Waals surface area contributed by atoms with Gasteiger partial charge in [-0.15, -0.1) is 0 Å². The van der Waals surface area contributed by atoms with E-state index >= 15 is 0 Å². The lowest BCUT2D eigenvalue weighted by molar-refractivity contribution is -0.137. The maximum atomic E-state index is 13.8. The molecule has 0 unspecified atom stereocenters. The summed E-state index contributed by atoms with van der Waals surface area (Å²) < 4.78 is 39.7. The van der Waals surface area contributed by atoms with Crippen molar-refractivity contribution in [3.63, 3.8) is 0 Å². The summed E-state index contributed by atoms with van der Waals surface area (Å²) in [5.74, 6) is -0.0913. The van der Waals surface area contributed by atoms with Crippen LogP contribution in [0.2, 0.25) is 0 Å². The number of pyridine rings is 1. The molecule has 1 amide bonds. The third-order valence-corrected chi connectivity index (χ3v) is 7.69. The molecule has 0 bridgehead atoms. The summed E-state index contributed by atoms with van der Waals surface area (Å²) >= 11 is 0. The van der Waals surface area contributed by atoms with E-state index in [1.807, 2.05) is 29.2 Å². The third-order valence-electron chi connectivity index (χ3n) is 7.69. The van der Waals surface area contributed by atoms with Crippen LogP contribution in [0.3, 0.4) is 0 Å². The van der Waals surface area contributed by atoms with E-state index in [-0.39, 0.29) is 17.5 Å². The number of aromatic nitrogens is 1. The highest BCUT2D eigenvalue weighted by molar-refractivity contribution is 6.02. The van der Waals surface area contributed by atoms with Gasteiger partial charge in [-0.3, -0.25) is 14.7 Å². The lowest BCUT2D eigenvalue weighted by Gasteiger charge is -2.40. The molecule has 212 valence electrons. The number of rotatable bonds is 6. The molecule has 1 aromatic heterocycles. The standard InChI is InChI=1S/C34H29F3N4O/c35-34(36,37)26-15-16-27-30(17-18-38-31(27)23-26)39-29-14-8-7-13-28(29)33(42)41-21-19-40(20-22-41)32(24-9-3-1-4-10-24)25-11-5-2-6-12-25/h1-18,23,32H,19-22H2,(H,38,39). The second kappa shape index (κ2) is 11.7. The number of carbonyl (C=O) groups is 1. The predicted molar refractivity (Wildman–Crippen MR) is 159 cm³/mol. The molecular formula is C34H29F3N4O. The molecule has 0 saturated carbocycles. The average Bonchev–Trinajstić information content (AvgIpc) is 3.02. The molecular weight excluding hydrogens is 537 g/mol. The fourth-order valence-electron chi connectivity index (χ4n) is 5.60. The number of piperazine rings is 1. The third kappa shape index (κ3) is 5.71. The van der Waals surface area contributed by atoms with Gasteiger partial charge in [0, 0.05) is 43.4 Å². The number of fused-ring (bicyclic) bond motifs is 1. The fraction of sp³-hybridized carbons (Fsp3) is 0.176. The van der Waals surface area contributed by atoms with Crippen LogP contribution in [0.5, 0.6) is 0 Å². The minimum absolute atomic E-state index is 0.0913. The highest BCUT2D eigenvalue weighted by Gasteiger charge is 2.31. The first-order valence-corrected chi connectivity index (χ1v) is 13.8. The van der Waals surface area contributed by atoms with E-state index in [2.05, 4.69) is 63.7 Å². The Labute approximate surface area is 242 Å². The Morgan fingerprint density at radius 1 is 0.738 bits per heavy atom. The van der Waals surface area contributed by atoms with Gasteiger partial charge in [-0.25, -0.2) is 0 Å². The van der Waals surface area contributed by atoms with Gasteiger partial charge in [-0.1, -0.05) is 78.9 Å². The molecule has 0 atom stereocenters. The minimum atomic E-state index is -4.45. The lowest BCUT2D eigenvalue weighted by Crippen LogP contribution is -2.50. The van der Waals surface area contributed by atoms with Gasteiger partial charge in [0.2, 0.25) is 0 Å². The number of para-hydroxylation sites is 1. The number of anilines is 2. The number of amides is 1. The van der Waals surface area contributed by atoms with Gasteiger partial charge in [-0.2, -0.15) is 13.2 Å². The van der Waals surface area contributed by atoms with Crippen molar-refractivity contribution in [2.45, 2.75) is 12.2 Å². The number of hydrogen-bond acceptors (Lipinski definition) is 4. The molecule has 42 heavy (non-hydrogen) atoms. The molecule has 2 heterocycles. The number of nitrogens with one attached hydrogen (secondary N) is 1. The van der Waals surface area contributed by atoms with Crippen LogP contribution < -0.4 is 5.32 Å². The monoisotopic (exact) mass is 566 g/mol. The van der Waals surface area contributed by atoms with Crippen molar-refractivity contribution in [1.82, 2.24) is 14.8 Å². The number of hydrogen-bond donors (Lipinski definition) is 1. The number of alkyl halides is 3. The van der Waals surface area contributed by atoms with Gasteiger partial charge in [-0.05, 0) is 41.5 Å². The van der Waals surface area contributed by atoms with Crippen LogP contribution >= 0.6 is 0 Å². The largest absolute Gasteiger partial charge is 0.416 e. The topological polar surface area (TPSA) is 48.5 Å². The molecule has 1 aliphatic heterocycles. The van der Waals surface area contributed by atoms with Crippen LogP contribution in [-0.2, 0) is 6.18 Å². The van der Waals surface area contributed by atoms with Crippen LogP contribution in [-0.4, -0.2) is 46.9 Å². The molecule has 5 nitrogen and oxygen atoms in total. The first-order chi connectivity index (χ1) is 20.4. The van der Waals surface area contributed by atoms with E-state index in [9.17, 15) is 18.0 Å². The number of benzene rings is 4. The van der Waals surface area contributed by atoms with E-state index in [4.69, 9.17) is 0 Å². The second-order valence-electron chi connectivity index (χ2n) is 10.3. The SMILES string of the molecule is O=C(c1ccccc1Nc1ccnc2cc(C(F)(F)F)ccc12)N1CCN(C(c2ccccc2)c2ccccc2)CC1. The molecule has 1 N–H and O–H groups in total. The molecule has 0 aliphatic carbocycles. The predicted octanol–water partition coefficient (Wildman–Crippen LogP) is 7.54. The summed E-state index contributed by atoms with van der Waals surface area (Å²) in [5.41, 5.74) is 3.56. The van der Waals surface area contributed by atoms with Gasteiger partial charge in [0.05, 0.1) is 28.4 Å². The Hall–Kier alpha value is -4.69. The van der Waals surface area contributed by atoms with Gasteiger partial charge < -0.3 is 10.2 Å². The van der Waals surface area contributed by atoms with Crippen LogP contribution in [0.25, 0.3) is 10.9 Å². The van der Waals surface area contributed by atoms with Crippen molar-refractivity contribution in [2.24, 2.45) is 0 Å². The highest BCUT2D eigenvalue weighted by Crippen LogP contribution is 2.34. The molecule has 1 saturated heterocycles. The van der Waals surface area contributed by atoms with Gasteiger partial charge >= 0.3 is 6.18 Å². The van der Waals surface area contributed by atoms with E-state index in [1.54, 1.807) is 18.2 Å². The molecule has 1 fully saturated rings. The van der Waals surface area contributed by atoms with Crippen molar-refractivity contribution in [2.75, 3.05) is 31.5 Å². The maximum Gasteiger partial charge on any atom is 0.416 e. The summed E-state index contributed by atoms with van der Waals surface area (Å²) in [4.78, 5) is 22.2. The van der Waals surface area contributed by atoms with Crippen molar-refractivity contribution >= 4 is 28.2 Å². The summed E-state index contributed by atoms with van der Waals surface area (Å²) in [7, 11) is 0. The van der Waals surface area contributed by atoms with Crippen LogP contribution in [0, 0.1) is 0 Å². The van der Waals surface area contributed by atoms with Crippen LogP contribution in [0.15, 0.2) is 115 Å². The quantitative estimate of drug-likeness (QED) is 0.231. The fourth-order valence-corrected chi connectivity index (χ4v) is 5.60. The van der Waals surface area contributed by atoms with Crippen molar-refractivity contribution in [3.8, 4) is 0 Å². The highest BCUT2D eigenvalue weighted by atomic mass is 19.4. The van der Waals surface area contributed by atoms with Crippen LogP contribution in [0.4, 0.5) is 24.5 Å². The van der Waals surface area contributed by atoms with Gasteiger partial charge in [0.1, 0.15) is 0 Å². The molecule has 0 radical (unpaired) electrons. The first kappa shape index (κ1) is 27.5. The smallest absolute Gasteiger partial charge is 0.354 e. The molecule has 0 spiro atoms. The van der Waals surface area contributed by atoms with Crippen molar-refractivity contribution < 1.29 is 18.0 Å². The summed E-state index contributed by atoms with van der Waals surface area (Å²) in [6.07, 6.45) is -2.99. The zero-order valence-electron chi connectivity index (χ0n) is 22.8. The molecule has 8 heteroatoms. The molecule has 5 aromatic rings. The zero-order chi connectivity index (χ0) is 29.1. The summed E-state index contributed by atoms with van der Waals surface area (Å²) in [5, 5.41) is 3.82.